The van der Waals surface area contributed by atoms with Crippen molar-refractivity contribution in [2.45, 2.75) is 26.3 Å². The number of fused-ring (bicyclic) bond motifs is 1. The zero-order valence-corrected chi connectivity index (χ0v) is 10.9. The Balaban J connectivity index is 1.91. The van der Waals surface area contributed by atoms with Crippen molar-refractivity contribution in [2.24, 2.45) is 0 Å². The minimum atomic E-state index is 0.516. The van der Waals surface area contributed by atoms with Crippen molar-refractivity contribution >= 4 is 10.8 Å². The molecular formula is C14H19N3O. The molecule has 1 heterocycles. The second kappa shape index (κ2) is 6.31. The Hall–Kier alpha value is -1.68. The Morgan fingerprint density at radius 1 is 1.28 bits per heavy atom. The maximum absolute atomic E-state index is 5.69. The Morgan fingerprint density at radius 3 is 2.94 bits per heavy atom. The van der Waals surface area contributed by atoms with Crippen LogP contribution in [0.2, 0.25) is 0 Å². The van der Waals surface area contributed by atoms with Gasteiger partial charge in [-0.2, -0.15) is 5.10 Å². The average molecular weight is 245 g/mol. The van der Waals surface area contributed by atoms with Gasteiger partial charge in [0.15, 0.2) is 0 Å². The maximum Gasteiger partial charge on any atom is 0.241 e. The van der Waals surface area contributed by atoms with E-state index in [2.05, 4.69) is 29.4 Å². The monoisotopic (exact) mass is 245 g/mol. The van der Waals surface area contributed by atoms with Gasteiger partial charge in [0.05, 0.1) is 12.8 Å². The molecule has 0 aliphatic carbocycles. The lowest BCUT2D eigenvalue weighted by Gasteiger charge is -2.09. The second-order valence-electron chi connectivity index (χ2n) is 4.55. The molecule has 0 amide bonds. The summed E-state index contributed by atoms with van der Waals surface area (Å²) < 4.78 is 5.69. The number of ether oxygens (including phenoxy) is 1. The van der Waals surface area contributed by atoms with Gasteiger partial charge in [0.25, 0.3) is 0 Å². The molecule has 4 heteroatoms. The summed E-state index contributed by atoms with van der Waals surface area (Å²) in [5.74, 6) is 0.623. The summed E-state index contributed by atoms with van der Waals surface area (Å²) in [4.78, 5) is 0. The van der Waals surface area contributed by atoms with Crippen LogP contribution >= 0.6 is 0 Å². The Labute approximate surface area is 107 Å². The third-order valence-electron chi connectivity index (χ3n) is 2.65. The van der Waals surface area contributed by atoms with E-state index in [0.29, 0.717) is 18.5 Å². The number of aromatic nitrogens is 2. The number of nitrogens with zero attached hydrogens (tertiary/aromatic N) is 2. The quantitative estimate of drug-likeness (QED) is 0.794. The summed E-state index contributed by atoms with van der Waals surface area (Å²) in [6.07, 6.45) is 2.71. The molecule has 1 N–H and O–H groups in total. The molecule has 0 atom stereocenters. The molecular weight excluding hydrogens is 226 g/mol. The van der Waals surface area contributed by atoms with Crippen LogP contribution in [0.3, 0.4) is 0 Å². The number of hydrogen-bond donors (Lipinski definition) is 1. The van der Waals surface area contributed by atoms with Crippen molar-refractivity contribution in [3.63, 3.8) is 0 Å². The molecule has 18 heavy (non-hydrogen) atoms. The third kappa shape index (κ3) is 3.40. The molecule has 0 unspecified atom stereocenters. The van der Waals surface area contributed by atoms with E-state index in [0.717, 1.165) is 23.7 Å². The van der Waals surface area contributed by atoms with E-state index < -0.39 is 0 Å². The minimum Gasteiger partial charge on any atom is -0.476 e. The van der Waals surface area contributed by atoms with Crippen LogP contribution in [0, 0.1) is 0 Å². The Bertz CT molecular complexity index is 494. The van der Waals surface area contributed by atoms with Crippen LogP contribution in [-0.2, 0) is 0 Å². The van der Waals surface area contributed by atoms with Crippen LogP contribution in [0.15, 0.2) is 30.5 Å². The summed E-state index contributed by atoms with van der Waals surface area (Å²) >= 11 is 0. The Kier molecular flexibility index (Phi) is 4.47. The van der Waals surface area contributed by atoms with Gasteiger partial charge in [0.1, 0.15) is 0 Å². The van der Waals surface area contributed by atoms with Crippen LogP contribution in [0.4, 0.5) is 0 Å². The fraction of sp³-hybridized carbons (Fsp3) is 0.429. The number of rotatable bonds is 6. The highest BCUT2D eigenvalue weighted by Gasteiger charge is 2.03. The first-order chi connectivity index (χ1) is 8.77. The van der Waals surface area contributed by atoms with Gasteiger partial charge in [-0.1, -0.05) is 32.0 Å². The number of nitrogens with one attached hydrogen (secondary N) is 1. The summed E-state index contributed by atoms with van der Waals surface area (Å²) in [6.45, 7) is 5.88. The first kappa shape index (κ1) is 12.8. The molecule has 2 aromatic rings. The van der Waals surface area contributed by atoms with E-state index in [1.54, 1.807) is 6.20 Å². The van der Waals surface area contributed by atoms with Gasteiger partial charge in [0, 0.05) is 16.8 Å². The highest BCUT2D eigenvalue weighted by atomic mass is 16.5. The zero-order chi connectivity index (χ0) is 12.8. The molecule has 0 radical (unpaired) electrons. The van der Waals surface area contributed by atoms with Crippen LogP contribution in [0.1, 0.15) is 20.3 Å². The van der Waals surface area contributed by atoms with Gasteiger partial charge in [-0.25, -0.2) is 0 Å². The van der Waals surface area contributed by atoms with Crippen LogP contribution in [0.5, 0.6) is 5.88 Å². The number of hydrogen-bond acceptors (Lipinski definition) is 4. The smallest absolute Gasteiger partial charge is 0.241 e. The van der Waals surface area contributed by atoms with Gasteiger partial charge < -0.3 is 10.1 Å². The summed E-state index contributed by atoms with van der Waals surface area (Å²) in [7, 11) is 0. The standard InChI is InChI=1S/C14H19N3O/c1-11(2)15-8-5-9-18-14-13-7-4-3-6-12(13)10-16-17-14/h3-4,6-7,10-11,15H,5,8-9H2,1-2H3. The van der Waals surface area contributed by atoms with E-state index in [1.165, 1.54) is 0 Å². The van der Waals surface area contributed by atoms with Gasteiger partial charge in [-0.15, -0.1) is 5.10 Å². The predicted octanol–water partition coefficient (Wildman–Crippen LogP) is 2.40. The van der Waals surface area contributed by atoms with Crippen molar-refractivity contribution in [3.05, 3.63) is 30.5 Å². The fourth-order valence-corrected chi connectivity index (χ4v) is 1.74. The minimum absolute atomic E-state index is 0.516. The molecule has 1 aromatic carbocycles. The third-order valence-corrected chi connectivity index (χ3v) is 2.65. The fourth-order valence-electron chi connectivity index (χ4n) is 1.74. The number of benzene rings is 1. The van der Waals surface area contributed by atoms with Crippen molar-refractivity contribution in [3.8, 4) is 5.88 Å². The van der Waals surface area contributed by atoms with E-state index >= 15 is 0 Å². The molecule has 0 saturated carbocycles. The van der Waals surface area contributed by atoms with Crippen LogP contribution < -0.4 is 10.1 Å². The average Bonchev–Trinajstić information content (AvgIpc) is 2.38. The zero-order valence-electron chi connectivity index (χ0n) is 10.9. The lowest BCUT2D eigenvalue weighted by Crippen LogP contribution is -2.24. The van der Waals surface area contributed by atoms with Crippen LogP contribution in [-0.4, -0.2) is 29.4 Å². The Morgan fingerprint density at radius 2 is 2.11 bits per heavy atom. The molecule has 2 rings (SSSR count). The van der Waals surface area contributed by atoms with Crippen molar-refractivity contribution in [1.29, 1.82) is 0 Å². The van der Waals surface area contributed by atoms with Gasteiger partial charge in [-0.3, -0.25) is 0 Å². The second-order valence-corrected chi connectivity index (χ2v) is 4.55. The predicted molar refractivity (Wildman–Crippen MR) is 72.8 cm³/mol. The molecule has 96 valence electrons. The van der Waals surface area contributed by atoms with E-state index in [4.69, 9.17) is 4.74 Å². The summed E-state index contributed by atoms with van der Waals surface area (Å²) in [5, 5.41) is 13.4. The molecule has 0 bridgehead atoms. The van der Waals surface area contributed by atoms with Gasteiger partial charge in [0.2, 0.25) is 5.88 Å². The lowest BCUT2D eigenvalue weighted by molar-refractivity contribution is 0.296. The van der Waals surface area contributed by atoms with Crippen molar-refractivity contribution < 1.29 is 4.74 Å². The van der Waals surface area contributed by atoms with Crippen LogP contribution in [0.25, 0.3) is 10.8 Å². The first-order valence-corrected chi connectivity index (χ1v) is 6.34. The van der Waals surface area contributed by atoms with E-state index in [-0.39, 0.29) is 0 Å². The molecule has 0 spiro atoms. The normalized spacial score (nSPS) is 11.1. The van der Waals surface area contributed by atoms with Crippen molar-refractivity contribution in [2.75, 3.05) is 13.2 Å². The molecule has 1 aromatic heterocycles. The topological polar surface area (TPSA) is 47.0 Å². The highest BCUT2D eigenvalue weighted by Crippen LogP contribution is 2.21. The molecule has 0 fully saturated rings. The largest absolute Gasteiger partial charge is 0.476 e. The first-order valence-electron chi connectivity index (χ1n) is 6.34. The summed E-state index contributed by atoms with van der Waals surface area (Å²) in [5.41, 5.74) is 0. The summed E-state index contributed by atoms with van der Waals surface area (Å²) in [6, 6.07) is 8.50. The molecule has 0 aliphatic rings. The maximum atomic E-state index is 5.69. The van der Waals surface area contributed by atoms with E-state index in [1.807, 2.05) is 24.3 Å². The van der Waals surface area contributed by atoms with Crippen molar-refractivity contribution in [1.82, 2.24) is 15.5 Å². The molecule has 4 nitrogen and oxygen atoms in total. The SMILES string of the molecule is CC(C)NCCCOc1nncc2ccccc12. The highest BCUT2D eigenvalue weighted by molar-refractivity contribution is 5.85. The molecule has 0 aliphatic heterocycles. The van der Waals surface area contributed by atoms with Gasteiger partial charge >= 0.3 is 0 Å². The molecule has 0 saturated heterocycles. The van der Waals surface area contributed by atoms with Gasteiger partial charge in [-0.05, 0) is 19.0 Å². The van der Waals surface area contributed by atoms with E-state index in [9.17, 15) is 0 Å². The lowest BCUT2D eigenvalue weighted by atomic mass is 10.2.